The van der Waals surface area contributed by atoms with E-state index in [1.165, 1.54) is 0 Å². The summed E-state index contributed by atoms with van der Waals surface area (Å²) in [6.07, 6.45) is 0. The lowest BCUT2D eigenvalue weighted by Crippen LogP contribution is -1.86. The predicted octanol–water partition coefficient (Wildman–Crippen LogP) is 3.86. The van der Waals surface area contributed by atoms with Crippen LogP contribution in [-0.2, 0) is 0 Å². The van der Waals surface area contributed by atoms with E-state index >= 15 is 0 Å². The van der Waals surface area contributed by atoms with Crippen molar-refractivity contribution >= 4 is 46.4 Å². The maximum Gasteiger partial charge on any atom is 0.136 e. The Morgan fingerprint density at radius 1 is 1.18 bits per heavy atom. The molecule has 0 amide bonds. The van der Waals surface area contributed by atoms with Gasteiger partial charge in [0.05, 0.1) is 0 Å². The summed E-state index contributed by atoms with van der Waals surface area (Å²) in [5, 5.41) is 0.570. The monoisotopic (exact) mass is 229 g/mol. The zero-order valence-electron chi connectivity index (χ0n) is 5.19. The van der Waals surface area contributed by atoms with Crippen LogP contribution >= 0.6 is 46.4 Å². The van der Waals surface area contributed by atoms with Gasteiger partial charge in [0, 0.05) is 5.56 Å². The number of hydrogen-bond donors (Lipinski definition) is 0. The molecular weight excluding hydrogens is 228 g/mol. The third-order valence-corrected chi connectivity index (χ3v) is 2.06. The first-order valence-electron chi connectivity index (χ1n) is 2.71. The molecule has 0 radical (unpaired) electrons. The molecule has 1 aromatic heterocycles. The van der Waals surface area contributed by atoms with Crippen molar-refractivity contribution in [3.05, 3.63) is 28.0 Å². The highest BCUT2D eigenvalue weighted by atomic mass is 35.5. The maximum absolute atomic E-state index is 5.66. The van der Waals surface area contributed by atoms with Crippen LogP contribution in [0.4, 0.5) is 0 Å². The molecule has 0 bridgehead atoms. The van der Waals surface area contributed by atoms with Gasteiger partial charge >= 0.3 is 0 Å². The summed E-state index contributed by atoms with van der Waals surface area (Å²) in [5.74, 6) is 0. The van der Waals surface area contributed by atoms with E-state index < -0.39 is 4.84 Å². The summed E-state index contributed by atoms with van der Waals surface area (Å²) in [6.45, 7) is 0. The number of alkyl halides is 2. The number of hydrogen-bond acceptors (Lipinski definition) is 1. The first-order valence-corrected chi connectivity index (χ1v) is 4.34. The number of pyridine rings is 1. The van der Waals surface area contributed by atoms with Crippen LogP contribution in [0.15, 0.2) is 12.1 Å². The van der Waals surface area contributed by atoms with Gasteiger partial charge in [-0.25, -0.2) is 4.98 Å². The van der Waals surface area contributed by atoms with Gasteiger partial charge in [-0.2, -0.15) is 0 Å². The molecule has 11 heavy (non-hydrogen) atoms. The molecule has 0 atom stereocenters. The lowest BCUT2D eigenvalue weighted by molar-refractivity contribution is 1.23. The lowest BCUT2D eigenvalue weighted by atomic mass is 10.3. The Morgan fingerprint density at radius 2 is 1.82 bits per heavy atom. The minimum absolute atomic E-state index is 0.243. The fourth-order valence-electron chi connectivity index (χ4n) is 0.586. The van der Waals surface area contributed by atoms with Crippen LogP contribution in [0.3, 0.4) is 0 Å². The molecule has 0 unspecified atom stereocenters. The Balaban J connectivity index is 3.09. The molecule has 1 rings (SSSR count). The first-order chi connectivity index (χ1) is 5.11. The van der Waals surface area contributed by atoms with Crippen molar-refractivity contribution in [3.8, 4) is 0 Å². The Morgan fingerprint density at radius 3 is 2.27 bits per heavy atom. The molecular formula is C6H3Cl4N. The molecule has 1 heterocycles. The molecule has 0 fully saturated rings. The van der Waals surface area contributed by atoms with Crippen LogP contribution in [0.5, 0.6) is 0 Å². The standard InChI is InChI=1S/C6H3Cl4N/c7-4-2-1-3(5(8)9)6(10)11-4/h1-2,5H. The van der Waals surface area contributed by atoms with Crippen LogP contribution in [-0.4, -0.2) is 4.98 Å². The van der Waals surface area contributed by atoms with Gasteiger partial charge in [-0.3, -0.25) is 0 Å². The van der Waals surface area contributed by atoms with E-state index in [1.54, 1.807) is 12.1 Å². The van der Waals surface area contributed by atoms with E-state index in [9.17, 15) is 0 Å². The first kappa shape index (κ1) is 9.40. The third-order valence-electron chi connectivity index (χ3n) is 1.08. The summed E-state index contributed by atoms with van der Waals surface area (Å²) in [7, 11) is 0. The number of halogens is 4. The fraction of sp³-hybridized carbons (Fsp3) is 0.167. The molecule has 0 aliphatic heterocycles. The lowest BCUT2D eigenvalue weighted by Gasteiger charge is -2.02. The van der Waals surface area contributed by atoms with Crippen molar-refractivity contribution in [2.45, 2.75) is 4.84 Å². The van der Waals surface area contributed by atoms with Crippen molar-refractivity contribution in [1.82, 2.24) is 4.98 Å². The van der Waals surface area contributed by atoms with Gasteiger partial charge in [0.25, 0.3) is 0 Å². The van der Waals surface area contributed by atoms with Crippen LogP contribution in [0, 0.1) is 0 Å². The van der Waals surface area contributed by atoms with E-state index in [2.05, 4.69) is 4.98 Å². The molecule has 1 nitrogen and oxygen atoms in total. The Hall–Kier alpha value is 0.310. The molecule has 5 heteroatoms. The van der Waals surface area contributed by atoms with Gasteiger partial charge in [-0.1, -0.05) is 52.5 Å². The second-order valence-corrected chi connectivity index (χ2v) is 3.66. The summed E-state index contributed by atoms with van der Waals surface area (Å²) in [6, 6.07) is 3.23. The molecule has 0 aliphatic rings. The molecule has 0 saturated carbocycles. The minimum atomic E-state index is -0.660. The van der Waals surface area contributed by atoms with E-state index in [1.807, 2.05) is 0 Å². The second kappa shape index (κ2) is 3.81. The van der Waals surface area contributed by atoms with Crippen LogP contribution < -0.4 is 0 Å². The molecule has 0 aromatic carbocycles. The Bertz CT molecular complexity index is 261. The quantitative estimate of drug-likeness (QED) is 0.528. The zero-order valence-corrected chi connectivity index (χ0v) is 8.21. The smallest absolute Gasteiger partial charge is 0.136 e. The van der Waals surface area contributed by atoms with E-state index in [0.29, 0.717) is 10.7 Å². The van der Waals surface area contributed by atoms with Crippen LogP contribution in [0.1, 0.15) is 10.4 Å². The summed E-state index contributed by atoms with van der Waals surface area (Å²) in [5.41, 5.74) is 0.569. The van der Waals surface area contributed by atoms with Crippen LogP contribution in [0.25, 0.3) is 0 Å². The van der Waals surface area contributed by atoms with Gasteiger partial charge < -0.3 is 0 Å². The summed E-state index contributed by atoms with van der Waals surface area (Å²) >= 11 is 22.3. The Kier molecular flexibility index (Phi) is 3.26. The molecule has 0 aliphatic carbocycles. The van der Waals surface area contributed by atoms with Crippen molar-refractivity contribution in [2.24, 2.45) is 0 Å². The summed E-state index contributed by atoms with van der Waals surface area (Å²) < 4.78 is 0. The highest BCUT2D eigenvalue weighted by Gasteiger charge is 2.09. The van der Waals surface area contributed by atoms with Crippen molar-refractivity contribution in [2.75, 3.05) is 0 Å². The van der Waals surface area contributed by atoms with Gasteiger partial charge in [-0.15, -0.1) is 0 Å². The molecule has 0 saturated heterocycles. The second-order valence-electron chi connectivity index (χ2n) is 1.81. The summed E-state index contributed by atoms with van der Waals surface area (Å²) in [4.78, 5) is 3.10. The van der Waals surface area contributed by atoms with Crippen LogP contribution in [0.2, 0.25) is 10.3 Å². The largest absolute Gasteiger partial charge is 0.224 e. The maximum atomic E-state index is 5.66. The van der Waals surface area contributed by atoms with Gasteiger partial charge in [-0.05, 0) is 6.07 Å². The molecule has 0 N–H and O–H groups in total. The molecule has 60 valence electrons. The van der Waals surface area contributed by atoms with Gasteiger partial charge in [0.2, 0.25) is 0 Å². The molecule has 1 aromatic rings. The normalized spacial score (nSPS) is 10.6. The fourth-order valence-corrected chi connectivity index (χ4v) is 1.50. The Labute approximate surface area is 84.2 Å². The molecule has 0 spiro atoms. The highest BCUT2D eigenvalue weighted by Crippen LogP contribution is 2.30. The van der Waals surface area contributed by atoms with E-state index in [0.717, 1.165) is 0 Å². The number of aromatic nitrogens is 1. The predicted molar refractivity (Wildman–Crippen MR) is 48.7 cm³/mol. The van der Waals surface area contributed by atoms with E-state index in [-0.39, 0.29) is 5.15 Å². The van der Waals surface area contributed by atoms with Gasteiger partial charge in [0.1, 0.15) is 15.1 Å². The SMILES string of the molecule is Clc1ccc(C(Cl)Cl)c(Cl)n1. The third kappa shape index (κ3) is 2.38. The topological polar surface area (TPSA) is 12.9 Å². The van der Waals surface area contributed by atoms with Gasteiger partial charge in [0.15, 0.2) is 0 Å². The number of rotatable bonds is 1. The number of nitrogens with zero attached hydrogens (tertiary/aromatic N) is 1. The van der Waals surface area contributed by atoms with Crippen molar-refractivity contribution < 1.29 is 0 Å². The average Bonchev–Trinajstić information content (AvgIpc) is 1.85. The minimum Gasteiger partial charge on any atom is -0.224 e. The van der Waals surface area contributed by atoms with Crippen molar-refractivity contribution in [3.63, 3.8) is 0 Å². The highest BCUT2D eigenvalue weighted by molar-refractivity contribution is 6.45. The van der Waals surface area contributed by atoms with Crippen molar-refractivity contribution in [1.29, 1.82) is 0 Å². The average molecular weight is 231 g/mol. The zero-order chi connectivity index (χ0) is 8.43. The van der Waals surface area contributed by atoms with E-state index in [4.69, 9.17) is 46.4 Å².